The highest BCUT2D eigenvalue weighted by Crippen LogP contribution is 2.63. The molecule has 26 heavy (non-hydrogen) atoms. The van der Waals surface area contributed by atoms with Crippen LogP contribution in [0.5, 0.6) is 0 Å². The third-order valence-electron chi connectivity index (χ3n) is 4.14. The Bertz CT molecular complexity index is 881. The van der Waals surface area contributed by atoms with E-state index in [1.165, 1.54) is 6.07 Å². The summed E-state index contributed by atoms with van der Waals surface area (Å²) in [6.07, 6.45) is 0.261. The van der Waals surface area contributed by atoms with E-state index in [4.69, 9.17) is 9.05 Å². The van der Waals surface area contributed by atoms with Crippen LogP contribution < -0.4 is 0 Å². The van der Waals surface area contributed by atoms with Crippen LogP contribution >= 0.6 is 18.9 Å². The predicted molar refractivity (Wildman–Crippen MR) is 106 cm³/mol. The maximum absolute atomic E-state index is 14.3. The molecule has 1 aromatic heterocycles. The van der Waals surface area contributed by atoms with Gasteiger partial charge in [-0.05, 0) is 49.4 Å². The molecule has 0 spiro atoms. The fraction of sp³-hybridized carbons (Fsp3) is 0.300. The van der Waals surface area contributed by atoms with Crippen molar-refractivity contribution >= 4 is 29.0 Å². The van der Waals surface area contributed by atoms with Crippen molar-refractivity contribution in [2.45, 2.75) is 25.9 Å². The molecule has 0 amide bonds. The zero-order valence-corrected chi connectivity index (χ0v) is 16.6. The molecule has 3 rings (SSSR count). The summed E-state index contributed by atoms with van der Waals surface area (Å²) in [7, 11) is -3.45. The van der Waals surface area contributed by atoms with Crippen LogP contribution in [-0.4, -0.2) is 13.2 Å². The van der Waals surface area contributed by atoms with Crippen molar-refractivity contribution in [1.29, 1.82) is 0 Å². The van der Waals surface area contributed by atoms with Gasteiger partial charge in [0.1, 0.15) is 5.82 Å². The minimum Gasteiger partial charge on any atom is -0.308 e. The van der Waals surface area contributed by atoms with Crippen LogP contribution in [0, 0.1) is 5.82 Å². The number of halogens is 1. The molecule has 3 nitrogen and oxygen atoms in total. The van der Waals surface area contributed by atoms with Crippen molar-refractivity contribution in [2.24, 2.45) is 0 Å². The van der Waals surface area contributed by atoms with E-state index >= 15 is 0 Å². The molecule has 1 heterocycles. The normalized spacial score (nSPS) is 13.2. The molecule has 3 aromatic rings. The fourth-order valence-corrected chi connectivity index (χ4v) is 6.54. The smallest absolute Gasteiger partial charge is 0.308 e. The van der Waals surface area contributed by atoms with Gasteiger partial charge in [-0.2, -0.15) is 0 Å². The predicted octanol–water partition coefficient (Wildman–Crippen LogP) is 6.59. The van der Waals surface area contributed by atoms with Gasteiger partial charge in [-0.15, -0.1) is 11.3 Å². The highest BCUT2D eigenvalue weighted by atomic mass is 32.1. The van der Waals surface area contributed by atoms with Crippen LogP contribution in [-0.2, 0) is 20.0 Å². The van der Waals surface area contributed by atoms with Crippen molar-refractivity contribution in [3.63, 3.8) is 0 Å². The van der Waals surface area contributed by atoms with Gasteiger partial charge >= 0.3 is 7.60 Å². The fourth-order valence-electron chi connectivity index (χ4n) is 2.98. The average Bonchev–Trinajstić information content (AvgIpc) is 3.05. The van der Waals surface area contributed by atoms with Gasteiger partial charge in [-0.1, -0.05) is 36.4 Å². The highest BCUT2D eigenvalue weighted by molar-refractivity contribution is 7.54. The molecule has 138 valence electrons. The standard InChI is InChI=1S/C20H22FO3PS/c1-3-23-25(22,24-4-2)18(13-15-9-5-7-11-17(15)21)20-14-16-10-6-8-12-19(16)26-20/h5-12,14,18H,3-4,13H2,1-2H3. The second-order valence-corrected chi connectivity index (χ2v) is 9.21. The van der Waals surface area contributed by atoms with E-state index in [0.717, 1.165) is 15.0 Å². The van der Waals surface area contributed by atoms with Gasteiger partial charge < -0.3 is 9.05 Å². The van der Waals surface area contributed by atoms with E-state index in [1.54, 1.807) is 43.4 Å². The lowest BCUT2D eigenvalue weighted by atomic mass is 10.1. The summed E-state index contributed by atoms with van der Waals surface area (Å²) in [5, 5.41) is 1.07. The zero-order chi connectivity index (χ0) is 18.6. The van der Waals surface area contributed by atoms with Gasteiger partial charge in [0.25, 0.3) is 0 Å². The average molecular weight is 392 g/mol. The van der Waals surface area contributed by atoms with Gasteiger partial charge in [0.05, 0.1) is 18.9 Å². The van der Waals surface area contributed by atoms with E-state index < -0.39 is 13.3 Å². The summed E-state index contributed by atoms with van der Waals surface area (Å²) < 4.78 is 40.1. The van der Waals surface area contributed by atoms with Gasteiger partial charge in [0, 0.05) is 9.58 Å². The van der Waals surface area contributed by atoms with Crippen molar-refractivity contribution < 1.29 is 18.0 Å². The van der Waals surface area contributed by atoms with Crippen LogP contribution in [0.1, 0.15) is 29.9 Å². The lowest BCUT2D eigenvalue weighted by Gasteiger charge is -2.26. The van der Waals surface area contributed by atoms with Crippen LogP contribution in [0.4, 0.5) is 4.39 Å². The zero-order valence-electron chi connectivity index (χ0n) is 14.9. The SMILES string of the molecule is CCOP(=O)(OCC)C(Cc1ccccc1F)c1cc2ccccc2s1. The number of fused-ring (bicyclic) bond motifs is 1. The molecule has 6 heteroatoms. The Morgan fingerprint density at radius 3 is 2.35 bits per heavy atom. The van der Waals surface area contributed by atoms with Crippen LogP contribution in [0.2, 0.25) is 0 Å². The molecule has 0 aliphatic heterocycles. The van der Waals surface area contributed by atoms with E-state index in [1.807, 2.05) is 30.3 Å². The largest absolute Gasteiger partial charge is 0.339 e. The number of thiophene rings is 1. The first-order valence-corrected chi connectivity index (χ1v) is 11.1. The summed E-state index contributed by atoms with van der Waals surface area (Å²) in [5.41, 5.74) is -0.0358. The molecule has 0 fully saturated rings. The second kappa shape index (κ2) is 8.45. The third-order valence-corrected chi connectivity index (χ3v) is 8.01. The monoisotopic (exact) mass is 392 g/mol. The van der Waals surface area contributed by atoms with Gasteiger partial charge in [-0.25, -0.2) is 4.39 Å². The Balaban J connectivity index is 2.08. The van der Waals surface area contributed by atoms with Crippen LogP contribution in [0.3, 0.4) is 0 Å². The molecular formula is C20H22FO3PS. The van der Waals surface area contributed by atoms with E-state index in [9.17, 15) is 8.96 Å². The maximum Gasteiger partial charge on any atom is 0.339 e. The minimum atomic E-state index is -3.45. The lowest BCUT2D eigenvalue weighted by Crippen LogP contribution is -2.09. The molecule has 0 saturated heterocycles. The topological polar surface area (TPSA) is 35.5 Å². The molecule has 0 radical (unpaired) electrons. The minimum absolute atomic E-state index is 0.261. The van der Waals surface area contributed by atoms with E-state index in [0.29, 0.717) is 5.56 Å². The molecule has 0 aliphatic rings. The summed E-state index contributed by atoms with van der Waals surface area (Å²) in [4.78, 5) is 0.889. The molecule has 1 unspecified atom stereocenters. The number of rotatable bonds is 8. The van der Waals surface area contributed by atoms with Gasteiger partial charge in [-0.3, -0.25) is 4.57 Å². The van der Waals surface area contributed by atoms with Gasteiger partial charge in [0.15, 0.2) is 0 Å². The number of benzene rings is 2. The van der Waals surface area contributed by atoms with Crippen molar-refractivity contribution in [1.82, 2.24) is 0 Å². The molecular weight excluding hydrogens is 370 g/mol. The Morgan fingerprint density at radius 1 is 1.04 bits per heavy atom. The Kier molecular flexibility index (Phi) is 6.25. The van der Waals surface area contributed by atoms with Crippen LogP contribution in [0.25, 0.3) is 10.1 Å². The Morgan fingerprint density at radius 2 is 1.69 bits per heavy atom. The lowest BCUT2D eigenvalue weighted by molar-refractivity contribution is 0.212. The van der Waals surface area contributed by atoms with E-state index in [-0.39, 0.29) is 25.5 Å². The van der Waals surface area contributed by atoms with Crippen molar-refractivity contribution in [3.05, 3.63) is 70.9 Å². The first-order valence-electron chi connectivity index (χ1n) is 8.68. The van der Waals surface area contributed by atoms with Crippen LogP contribution in [0.15, 0.2) is 54.6 Å². The molecule has 2 aromatic carbocycles. The summed E-state index contributed by atoms with van der Waals surface area (Å²) in [5.74, 6) is -0.307. The second-order valence-electron chi connectivity index (χ2n) is 5.87. The first-order chi connectivity index (χ1) is 12.6. The molecule has 0 aliphatic carbocycles. The number of hydrogen-bond donors (Lipinski definition) is 0. The first kappa shape index (κ1) is 19.2. The molecule has 0 bridgehead atoms. The maximum atomic E-state index is 14.3. The molecule has 1 atom stereocenters. The van der Waals surface area contributed by atoms with E-state index in [2.05, 4.69) is 0 Å². The molecule has 0 N–H and O–H groups in total. The Hall–Kier alpha value is -1.52. The summed E-state index contributed by atoms with van der Waals surface area (Å²) in [6.45, 7) is 4.12. The Labute approximate surface area is 157 Å². The highest BCUT2D eigenvalue weighted by Gasteiger charge is 2.38. The molecule has 0 saturated carbocycles. The third kappa shape index (κ3) is 4.07. The summed E-state index contributed by atoms with van der Waals surface area (Å²) >= 11 is 1.55. The quantitative estimate of drug-likeness (QED) is 0.406. The van der Waals surface area contributed by atoms with Crippen molar-refractivity contribution in [3.8, 4) is 0 Å². The number of hydrogen-bond acceptors (Lipinski definition) is 4. The van der Waals surface area contributed by atoms with Crippen molar-refractivity contribution in [2.75, 3.05) is 13.2 Å². The van der Waals surface area contributed by atoms with Gasteiger partial charge in [0.2, 0.25) is 0 Å². The summed E-state index contributed by atoms with van der Waals surface area (Å²) in [6, 6.07) is 16.6.